The molecule has 0 aliphatic carbocycles. The number of carbonyl (C=O) groups excluding carboxylic acids is 1. The molecule has 0 spiro atoms. The monoisotopic (exact) mass is 460 g/mol. The molecule has 0 fully saturated rings. The Morgan fingerprint density at radius 2 is 1.60 bits per heavy atom. The molecule has 0 aromatic heterocycles. The zero-order chi connectivity index (χ0) is 14.5. The number of benzene rings is 2. The van der Waals surface area contributed by atoms with E-state index in [4.69, 9.17) is 4.74 Å². The highest BCUT2D eigenvalue weighted by atomic mass is 79.9. The number of ether oxygens (including phenoxy) is 1. The topological polar surface area (TPSA) is 26.3 Å². The van der Waals surface area contributed by atoms with E-state index in [1.807, 2.05) is 42.5 Å². The van der Waals surface area contributed by atoms with Crippen LogP contribution in [0.25, 0.3) is 0 Å². The van der Waals surface area contributed by atoms with E-state index in [9.17, 15) is 4.79 Å². The molecule has 2 aromatic rings. The van der Waals surface area contributed by atoms with E-state index in [1.54, 1.807) is 0 Å². The van der Waals surface area contributed by atoms with Gasteiger partial charge in [0, 0.05) is 10.9 Å². The maximum absolute atomic E-state index is 11.9. The molecule has 2 nitrogen and oxygen atoms in total. The van der Waals surface area contributed by atoms with Crippen LogP contribution in [-0.4, -0.2) is 5.97 Å². The largest absolute Gasteiger partial charge is 0.424 e. The number of hydrogen-bond acceptors (Lipinski definition) is 2. The van der Waals surface area contributed by atoms with Crippen LogP contribution in [0.1, 0.15) is 12.0 Å². The SMILES string of the molecule is O=C(CCc1ccccc1)Oc1c(Br)cc(Br)cc1Br. The lowest BCUT2D eigenvalue weighted by Gasteiger charge is -2.09. The van der Waals surface area contributed by atoms with Gasteiger partial charge in [-0.3, -0.25) is 4.79 Å². The summed E-state index contributed by atoms with van der Waals surface area (Å²) in [4.78, 5) is 11.9. The van der Waals surface area contributed by atoms with E-state index in [0.29, 0.717) is 18.6 Å². The molecule has 0 amide bonds. The summed E-state index contributed by atoms with van der Waals surface area (Å²) in [6, 6.07) is 13.6. The minimum atomic E-state index is -0.252. The molecule has 0 unspecified atom stereocenters. The molecule has 0 saturated carbocycles. The molecule has 0 atom stereocenters. The third-order valence-corrected chi connectivity index (χ3v) is 4.28. The molecule has 0 bridgehead atoms. The Hall–Kier alpha value is -0.650. The molecule has 0 N–H and O–H groups in total. The lowest BCUT2D eigenvalue weighted by atomic mass is 10.1. The minimum Gasteiger partial charge on any atom is -0.424 e. The Morgan fingerprint density at radius 3 is 2.20 bits per heavy atom. The van der Waals surface area contributed by atoms with Crippen molar-refractivity contribution in [3.63, 3.8) is 0 Å². The second kappa shape index (κ2) is 7.38. The van der Waals surface area contributed by atoms with Gasteiger partial charge in [0.05, 0.1) is 8.95 Å². The van der Waals surface area contributed by atoms with Gasteiger partial charge in [-0.1, -0.05) is 46.3 Å². The lowest BCUT2D eigenvalue weighted by Crippen LogP contribution is -2.09. The molecule has 5 heteroatoms. The molecular weight excluding hydrogens is 452 g/mol. The maximum atomic E-state index is 11.9. The number of hydrogen-bond donors (Lipinski definition) is 0. The molecule has 0 saturated heterocycles. The molecule has 20 heavy (non-hydrogen) atoms. The van der Waals surface area contributed by atoms with Crippen molar-refractivity contribution < 1.29 is 9.53 Å². The van der Waals surface area contributed by atoms with Crippen LogP contribution in [0.5, 0.6) is 5.75 Å². The number of aryl methyl sites for hydroxylation is 1. The second-order valence-corrected chi connectivity index (χ2v) is 6.78. The first-order valence-corrected chi connectivity index (χ1v) is 8.33. The fraction of sp³-hybridized carbons (Fsp3) is 0.133. The molecule has 104 valence electrons. The van der Waals surface area contributed by atoms with Crippen LogP contribution < -0.4 is 4.74 Å². The quantitative estimate of drug-likeness (QED) is 0.442. The highest BCUT2D eigenvalue weighted by Gasteiger charge is 2.13. The first kappa shape index (κ1) is 15.7. The third kappa shape index (κ3) is 4.43. The third-order valence-electron chi connectivity index (χ3n) is 2.64. The molecule has 0 aliphatic heterocycles. The predicted octanol–water partition coefficient (Wildman–Crippen LogP) is 5.51. The van der Waals surface area contributed by atoms with Gasteiger partial charge in [0.25, 0.3) is 0 Å². The summed E-state index contributed by atoms with van der Waals surface area (Å²) in [6.45, 7) is 0. The normalized spacial score (nSPS) is 10.3. The molecule has 0 heterocycles. The van der Waals surface area contributed by atoms with E-state index in [1.165, 1.54) is 0 Å². The van der Waals surface area contributed by atoms with Gasteiger partial charge in [-0.2, -0.15) is 0 Å². The minimum absolute atomic E-state index is 0.252. The first-order valence-electron chi connectivity index (χ1n) is 5.95. The molecule has 0 aliphatic rings. The number of esters is 1. The van der Waals surface area contributed by atoms with E-state index >= 15 is 0 Å². The van der Waals surface area contributed by atoms with E-state index < -0.39 is 0 Å². The molecule has 2 aromatic carbocycles. The van der Waals surface area contributed by atoms with Gasteiger partial charge in [-0.25, -0.2) is 0 Å². The Labute approximate surface area is 142 Å². The maximum Gasteiger partial charge on any atom is 0.311 e. The Kier molecular flexibility index (Phi) is 5.81. The van der Waals surface area contributed by atoms with Crippen LogP contribution in [0.3, 0.4) is 0 Å². The fourth-order valence-corrected chi connectivity index (χ4v) is 4.10. The number of rotatable bonds is 4. The van der Waals surface area contributed by atoms with Gasteiger partial charge in [-0.15, -0.1) is 0 Å². The van der Waals surface area contributed by atoms with Crippen molar-refractivity contribution in [1.82, 2.24) is 0 Å². The summed E-state index contributed by atoms with van der Waals surface area (Å²) in [5.74, 6) is 0.254. The first-order chi connectivity index (χ1) is 9.56. The summed E-state index contributed by atoms with van der Waals surface area (Å²) >= 11 is 10.1. The fourth-order valence-electron chi connectivity index (χ4n) is 1.68. The van der Waals surface area contributed by atoms with Crippen molar-refractivity contribution in [3.8, 4) is 5.75 Å². The van der Waals surface area contributed by atoms with Crippen molar-refractivity contribution in [2.75, 3.05) is 0 Å². The Morgan fingerprint density at radius 1 is 1.00 bits per heavy atom. The van der Waals surface area contributed by atoms with E-state index in [-0.39, 0.29) is 5.97 Å². The van der Waals surface area contributed by atoms with Gasteiger partial charge in [0.2, 0.25) is 0 Å². The lowest BCUT2D eigenvalue weighted by molar-refractivity contribution is -0.134. The average Bonchev–Trinajstić information content (AvgIpc) is 2.42. The molecule has 0 radical (unpaired) electrons. The van der Waals surface area contributed by atoms with Crippen LogP contribution >= 0.6 is 47.8 Å². The van der Waals surface area contributed by atoms with Gasteiger partial charge in [-0.05, 0) is 56.0 Å². The Bertz CT molecular complexity index is 589. The number of carbonyl (C=O) groups is 1. The zero-order valence-electron chi connectivity index (χ0n) is 10.4. The van der Waals surface area contributed by atoms with Crippen LogP contribution in [-0.2, 0) is 11.2 Å². The highest BCUT2D eigenvalue weighted by Crippen LogP contribution is 2.36. The van der Waals surface area contributed by atoms with Gasteiger partial charge < -0.3 is 4.74 Å². The van der Waals surface area contributed by atoms with Crippen molar-refractivity contribution in [2.45, 2.75) is 12.8 Å². The summed E-state index contributed by atoms with van der Waals surface area (Å²) < 4.78 is 7.76. The van der Waals surface area contributed by atoms with Crippen LogP contribution in [0.2, 0.25) is 0 Å². The van der Waals surface area contributed by atoms with Gasteiger partial charge in [0.15, 0.2) is 5.75 Å². The van der Waals surface area contributed by atoms with Crippen molar-refractivity contribution in [3.05, 3.63) is 61.4 Å². The second-order valence-electron chi connectivity index (χ2n) is 4.16. The molecule has 2 rings (SSSR count). The van der Waals surface area contributed by atoms with E-state index in [2.05, 4.69) is 47.8 Å². The van der Waals surface area contributed by atoms with Crippen LogP contribution in [0.4, 0.5) is 0 Å². The highest BCUT2D eigenvalue weighted by molar-refractivity contribution is 9.11. The van der Waals surface area contributed by atoms with Crippen LogP contribution in [0.15, 0.2) is 55.9 Å². The van der Waals surface area contributed by atoms with Gasteiger partial charge >= 0.3 is 5.97 Å². The summed E-state index contributed by atoms with van der Waals surface area (Å²) in [7, 11) is 0. The standard InChI is InChI=1S/C15H11Br3O2/c16-11-8-12(17)15(13(18)9-11)20-14(19)7-6-10-4-2-1-3-5-10/h1-5,8-9H,6-7H2. The van der Waals surface area contributed by atoms with Crippen LogP contribution in [0, 0.1) is 0 Å². The predicted molar refractivity (Wildman–Crippen MR) is 89.9 cm³/mol. The summed E-state index contributed by atoms with van der Waals surface area (Å²) in [6.07, 6.45) is 1.02. The summed E-state index contributed by atoms with van der Waals surface area (Å²) in [5.41, 5.74) is 1.12. The van der Waals surface area contributed by atoms with Crippen molar-refractivity contribution in [2.24, 2.45) is 0 Å². The number of halogens is 3. The smallest absolute Gasteiger partial charge is 0.311 e. The average molecular weight is 463 g/mol. The zero-order valence-corrected chi connectivity index (χ0v) is 15.2. The van der Waals surface area contributed by atoms with E-state index in [0.717, 1.165) is 19.0 Å². The van der Waals surface area contributed by atoms with Crippen molar-refractivity contribution >= 4 is 53.8 Å². The molecular formula is C15H11Br3O2. The van der Waals surface area contributed by atoms with Crippen molar-refractivity contribution in [1.29, 1.82) is 0 Å². The van der Waals surface area contributed by atoms with Gasteiger partial charge in [0.1, 0.15) is 0 Å². The Balaban J connectivity index is 1.98. The summed E-state index contributed by atoms with van der Waals surface area (Å²) in [5, 5.41) is 0.